The summed E-state index contributed by atoms with van der Waals surface area (Å²) in [4.78, 5) is 12.3. The van der Waals surface area contributed by atoms with Crippen LogP contribution in [0.15, 0.2) is 18.2 Å². The minimum absolute atomic E-state index is 0.0604. The Hall–Kier alpha value is -1.86. The van der Waals surface area contributed by atoms with E-state index >= 15 is 0 Å². The molecule has 2 N–H and O–H groups in total. The second kappa shape index (κ2) is 8.43. The van der Waals surface area contributed by atoms with Gasteiger partial charge < -0.3 is 10.4 Å². The summed E-state index contributed by atoms with van der Waals surface area (Å²) in [6, 6.07) is 4.01. The highest BCUT2D eigenvalue weighted by Crippen LogP contribution is 2.13. The standard InChI is InChI=1S/C17H22FNO2/c1-4-16(12(2)3)19-17(21)15-9-8-14(18)11-13(15)7-5-6-10-20/h8-9,11-12,16,20H,4,6,10H2,1-3H3,(H,19,21). The second-order valence-electron chi connectivity index (χ2n) is 5.20. The van der Waals surface area contributed by atoms with E-state index in [1.54, 1.807) is 0 Å². The number of carbonyl (C=O) groups is 1. The van der Waals surface area contributed by atoms with E-state index < -0.39 is 5.82 Å². The van der Waals surface area contributed by atoms with E-state index in [2.05, 4.69) is 17.2 Å². The van der Waals surface area contributed by atoms with Gasteiger partial charge in [-0.05, 0) is 30.5 Å². The van der Waals surface area contributed by atoms with Crippen molar-refractivity contribution in [3.8, 4) is 11.8 Å². The molecule has 1 aromatic rings. The van der Waals surface area contributed by atoms with Crippen molar-refractivity contribution in [3.63, 3.8) is 0 Å². The molecule has 1 amide bonds. The topological polar surface area (TPSA) is 49.3 Å². The van der Waals surface area contributed by atoms with Crippen molar-refractivity contribution in [2.24, 2.45) is 5.92 Å². The van der Waals surface area contributed by atoms with Gasteiger partial charge in [0.15, 0.2) is 0 Å². The Balaban J connectivity index is 3.01. The molecule has 0 saturated heterocycles. The SMILES string of the molecule is CCC(NC(=O)c1ccc(F)cc1C#CCCO)C(C)C. The van der Waals surface area contributed by atoms with Crippen LogP contribution in [0.25, 0.3) is 0 Å². The zero-order chi connectivity index (χ0) is 15.8. The average Bonchev–Trinajstić information content (AvgIpc) is 2.44. The number of benzene rings is 1. The molecule has 0 aromatic heterocycles. The largest absolute Gasteiger partial charge is 0.395 e. The van der Waals surface area contributed by atoms with Gasteiger partial charge in [0.05, 0.1) is 12.2 Å². The number of amides is 1. The summed E-state index contributed by atoms with van der Waals surface area (Å²) < 4.78 is 13.3. The fourth-order valence-electron chi connectivity index (χ4n) is 2.02. The molecule has 0 fully saturated rings. The lowest BCUT2D eigenvalue weighted by Crippen LogP contribution is -2.38. The number of nitrogens with one attached hydrogen (secondary N) is 1. The molecule has 3 nitrogen and oxygen atoms in total. The van der Waals surface area contributed by atoms with Crippen LogP contribution >= 0.6 is 0 Å². The van der Waals surface area contributed by atoms with E-state index in [9.17, 15) is 9.18 Å². The van der Waals surface area contributed by atoms with Gasteiger partial charge in [-0.25, -0.2) is 4.39 Å². The molecular formula is C17H22FNO2. The summed E-state index contributed by atoms with van der Waals surface area (Å²) in [7, 11) is 0. The van der Waals surface area contributed by atoms with Crippen LogP contribution < -0.4 is 5.32 Å². The highest BCUT2D eigenvalue weighted by atomic mass is 19.1. The Morgan fingerprint density at radius 2 is 2.14 bits per heavy atom. The van der Waals surface area contributed by atoms with Crippen molar-refractivity contribution >= 4 is 5.91 Å². The van der Waals surface area contributed by atoms with Gasteiger partial charge in [0.1, 0.15) is 5.82 Å². The first-order chi connectivity index (χ1) is 9.99. The number of carbonyl (C=O) groups excluding carboxylic acids is 1. The number of hydrogen-bond donors (Lipinski definition) is 2. The minimum Gasteiger partial charge on any atom is -0.395 e. The van der Waals surface area contributed by atoms with Crippen molar-refractivity contribution < 1.29 is 14.3 Å². The van der Waals surface area contributed by atoms with Gasteiger partial charge in [-0.3, -0.25) is 4.79 Å². The summed E-state index contributed by atoms with van der Waals surface area (Å²) in [5.41, 5.74) is 0.709. The number of halogens is 1. The zero-order valence-corrected chi connectivity index (χ0v) is 12.7. The van der Waals surface area contributed by atoms with Gasteiger partial charge in [-0.15, -0.1) is 0 Å². The van der Waals surface area contributed by atoms with Gasteiger partial charge in [0.2, 0.25) is 0 Å². The molecule has 0 aliphatic carbocycles. The van der Waals surface area contributed by atoms with Crippen LogP contribution in [0, 0.1) is 23.6 Å². The summed E-state index contributed by atoms with van der Waals surface area (Å²) >= 11 is 0. The summed E-state index contributed by atoms with van der Waals surface area (Å²) in [6.07, 6.45) is 1.12. The normalized spacial score (nSPS) is 11.7. The number of aliphatic hydroxyl groups is 1. The lowest BCUT2D eigenvalue weighted by atomic mass is 10.0. The fraction of sp³-hybridized carbons (Fsp3) is 0.471. The van der Waals surface area contributed by atoms with Crippen molar-refractivity contribution in [2.75, 3.05) is 6.61 Å². The Morgan fingerprint density at radius 1 is 1.43 bits per heavy atom. The third kappa shape index (κ3) is 5.20. The Labute approximate surface area is 125 Å². The first kappa shape index (κ1) is 17.2. The summed E-state index contributed by atoms with van der Waals surface area (Å²) in [5.74, 6) is 5.10. The third-order valence-corrected chi connectivity index (χ3v) is 3.25. The molecule has 21 heavy (non-hydrogen) atoms. The highest BCUT2D eigenvalue weighted by molar-refractivity contribution is 5.96. The van der Waals surface area contributed by atoms with Crippen LogP contribution in [0.2, 0.25) is 0 Å². The van der Waals surface area contributed by atoms with Crippen LogP contribution in [-0.4, -0.2) is 23.7 Å². The van der Waals surface area contributed by atoms with Crippen LogP contribution in [0.5, 0.6) is 0 Å². The Kier molecular flexibility index (Phi) is 6.90. The van der Waals surface area contributed by atoms with Crippen molar-refractivity contribution in [3.05, 3.63) is 35.1 Å². The van der Waals surface area contributed by atoms with E-state index in [0.29, 0.717) is 23.5 Å². The van der Waals surface area contributed by atoms with Gasteiger partial charge in [0.25, 0.3) is 5.91 Å². The molecular weight excluding hydrogens is 269 g/mol. The minimum atomic E-state index is -0.434. The van der Waals surface area contributed by atoms with E-state index in [1.165, 1.54) is 18.2 Å². The average molecular weight is 291 g/mol. The molecule has 0 saturated carbocycles. The van der Waals surface area contributed by atoms with Crippen molar-refractivity contribution in [2.45, 2.75) is 39.7 Å². The van der Waals surface area contributed by atoms with Crippen LogP contribution in [0.1, 0.15) is 49.5 Å². The smallest absolute Gasteiger partial charge is 0.252 e. The number of rotatable bonds is 5. The molecule has 0 spiro atoms. The molecule has 4 heteroatoms. The fourth-order valence-corrected chi connectivity index (χ4v) is 2.02. The molecule has 0 heterocycles. The lowest BCUT2D eigenvalue weighted by molar-refractivity contribution is 0.0924. The maximum atomic E-state index is 13.3. The van der Waals surface area contributed by atoms with Gasteiger partial charge in [-0.2, -0.15) is 0 Å². The van der Waals surface area contributed by atoms with E-state index in [0.717, 1.165) is 6.42 Å². The van der Waals surface area contributed by atoms with E-state index in [4.69, 9.17) is 5.11 Å². The van der Waals surface area contributed by atoms with Crippen molar-refractivity contribution in [1.82, 2.24) is 5.32 Å². The number of hydrogen-bond acceptors (Lipinski definition) is 2. The third-order valence-electron chi connectivity index (χ3n) is 3.25. The molecule has 0 aliphatic rings. The van der Waals surface area contributed by atoms with Gasteiger partial charge in [0, 0.05) is 18.0 Å². The molecule has 114 valence electrons. The van der Waals surface area contributed by atoms with Crippen molar-refractivity contribution in [1.29, 1.82) is 0 Å². The summed E-state index contributed by atoms with van der Waals surface area (Å²) in [6.45, 7) is 6.04. The zero-order valence-electron chi connectivity index (χ0n) is 12.7. The van der Waals surface area contributed by atoms with E-state index in [-0.39, 0.29) is 18.6 Å². The van der Waals surface area contributed by atoms with Crippen LogP contribution in [0.4, 0.5) is 4.39 Å². The highest BCUT2D eigenvalue weighted by Gasteiger charge is 2.17. The summed E-state index contributed by atoms with van der Waals surface area (Å²) in [5, 5.41) is 11.7. The van der Waals surface area contributed by atoms with Crippen LogP contribution in [0.3, 0.4) is 0 Å². The molecule has 0 radical (unpaired) electrons. The predicted molar refractivity (Wildman–Crippen MR) is 81.4 cm³/mol. The number of aliphatic hydroxyl groups excluding tert-OH is 1. The quantitative estimate of drug-likeness (QED) is 0.820. The molecule has 1 unspecified atom stereocenters. The molecule has 1 aromatic carbocycles. The molecule has 1 atom stereocenters. The maximum absolute atomic E-state index is 13.3. The first-order valence-electron chi connectivity index (χ1n) is 7.19. The maximum Gasteiger partial charge on any atom is 0.252 e. The monoisotopic (exact) mass is 291 g/mol. The second-order valence-corrected chi connectivity index (χ2v) is 5.20. The first-order valence-corrected chi connectivity index (χ1v) is 7.19. The molecule has 0 bridgehead atoms. The van der Waals surface area contributed by atoms with Gasteiger partial charge in [-0.1, -0.05) is 32.6 Å². The van der Waals surface area contributed by atoms with Gasteiger partial charge >= 0.3 is 0 Å². The predicted octanol–water partition coefficient (Wildman–Crippen LogP) is 2.72. The molecule has 1 rings (SSSR count). The van der Waals surface area contributed by atoms with E-state index in [1.807, 2.05) is 20.8 Å². The molecule has 0 aliphatic heterocycles. The Bertz CT molecular complexity index is 543. The lowest BCUT2D eigenvalue weighted by Gasteiger charge is -2.21. The van der Waals surface area contributed by atoms with Crippen LogP contribution in [-0.2, 0) is 0 Å². The Morgan fingerprint density at radius 3 is 2.71 bits per heavy atom.